The average Bonchev–Trinajstić information content (AvgIpc) is 2.55. The van der Waals surface area contributed by atoms with Crippen molar-refractivity contribution in [1.29, 1.82) is 0 Å². The molecule has 0 amide bonds. The first-order chi connectivity index (χ1) is 10.9. The van der Waals surface area contributed by atoms with Gasteiger partial charge in [0.15, 0.2) is 11.6 Å². The van der Waals surface area contributed by atoms with E-state index in [-0.39, 0.29) is 11.6 Å². The van der Waals surface area contributed by atoms with Gasteiger partial charge in [0.05, 0.1) is 6.54 Å². The predicted octanol–water partition coefficient (Wildman–Crippen LogP) is 3.24. The molecule has 118 valence electrons. The van der Waals surface area contributed by atoms with Gasteiger partial charge < -0.3 is 0 Å². The highest BCUT2D eigenvalue weighted by Crippen LogP contribution is 2.26. The molecule has 23 heavy (non-hydrogen) atoms. The minimum absolute atomic E-state index is 0.171. The second-order valence-electron chi connectivity index (χ2n) is 5.31. The number of nitrogens with two attached hydrogens (primary N) is 1. The quantitative estimate of drug-likeness (QED) is 0.656. The zero-order valence-electron chi connectivity index (χ0n) is 13.2. The summed E-state index contributed by atoms with van der Waals surface area (Å²) in [6.45, 7) is 3.09. The van der Waals surface area contributed by atoms with Crippen molar-refractivity contribution >= 4 is 11.6 Å². The molecule has 0 aliphatic carbocycles. The van der Waals surface area contributed by atoms with E-state index in [4.69, 9.17) is 5.73 Å². The number of carbonyl (C=O) groups is 2. The lowest BCUT2D eigenvalue weighted by molar-refractivity contribution is -0.122. The Kier molecular flexibility index (Phi) is 5.13. The maximum atomic E-state index is 12.1. The summed E-state index contributed by atoms with van der Waals surface area (Å²) in [5, 5.41) is 8.14. The molecule has 2 aromatic rings. The van der Waals surface area contributed by atoms with Crippen LogP contribution in [0.3, 0.4) is 0 Å². The zero-order chi connectivity index (χ0) is 16.9. The molecule has 0 aliphatic heterocycles. The van der Waals surface area contributed by atoms with Crippen molar-refractivity contribution < 1.29 is 9.59 Å². The predicted molar refractivity (Wildman–Crippen MR) is 88.0 cm³/mol. The first-order valence-corrected chi connectivity index (χ1v) is 7.28. The number of hydrogen-bond acceptors (Lipinski definition) is 5. The Balaban J connectivity index is 2.37. The first kappa shape index (κ1) is 16.7. The first-order valence-electron chi connectivity index (χ1n) is 7.28. The van der Waals surface area contributed by atoms with Gasteiger partial charge in [0, 0.05) is 11.1 Å². The summed E-state index contributed by atoms with van der Waals surface area (Å²) < 4.78 is 0. The van der Waals surface area contributed by atoms with Crippen LogP contribution >= 0.6 is 0 Å². The molecule has 2 N–H and O–H groups in total. The highest BCUT2D eigenvalue weighted by molar-refractivity contribution is 5.98. The number of ketones is 2. The third-order valence-electron chi connectivity index (χ3n) is 3.58. The molecule has 0 aliphatic rings. The second-order valence-corrected chi connectivity index (χ2v) is 5.31. The zero-order valence-corrected chi connectivity index (χ0v) is 13.2. The van der Waals surface area contributed by atoms with Crippen molar-refractivity contribution in [3.05, 3.63) is 71.3 Å². The lowest BCUT2D eigenvalue weighted by Gasteiger charge is -2.23. The van der Waals surface area contributed by atoms with Gasteiger partial charge in [-0.3, -0.25) is 15.3 Å². The van der Waals surface area contributed by atoms with Crippen LogP contribution in [0.2, 0.25) is 0 Å². The summed E-state index contributed by atoms with van der Waals surface area (Å²) >= 11 is 0. The topological polar surface area (TPSA) is 84.9 Å². The lowest BCUT2D eigenvalue weighted by Crippen LogP contribution is -2.42. The highest BCUT2D eigenvalue weighted by Gasteiger charge is 2.35. The molecule has 2 aromatic carbocycles. The number of rotatable bonds is 6. The molecule has 0 spiro atoms. The summed E-state index contributed by atoms with van der Waals surface area (Å²) in [4.78, 5) is 23.9. The van der Waals surface area contributed by atoms with Gasteiger partial charge in [-0.15, -0.1) is 0 Å². The summed E-state index contributed by atoms with van der Waals surface area (Å²) in [5.41, 5.74) is 6.26. The van der Waals surface area contributed by atoms with E-state index in [2.05, 4.69) is 10.2 Å². The molecule has 2 rings (SSSR count). The summed E-state index contributed by atoms with van der Waals surface area (Å²) in [7, 11) is 0. The van der Waals surface area contributed by atoms with Crippen LogP contribution in [0.25, 0.3) is 0 Å². The monoisotopic (exact) mass is 309 g/mol. The molecule has 1 atom stereocenters. The molecular formula is C18H19N3O2. The molecule has 0 bridgehead atoms. The maximum absolute atomic E-state index is 12.1. The van der Waals surface area contributed by atoms with Crippen molar-refractivity contribution in [2.45, 2.75) is 26.1 Å². The van der Waals surface area contributed by atoms with Crippen LogP contribution in [-0.4, -0.2) is 11.6 Å². The molecule has 0 saturated carbocycles. The fourth-order valence-electron chi connectivity index (χ4n) is 2.25. The fraction of sp³-hybridized carbons (Fsp3) is 0.222. The second kappa shape index (κ2) is 7.07. The molecule has 0 saturated heterocycles. The molecule has 0 fully saturated rings. The van der Waals surface area contributed by atoms with E-state index in [9.17, 15) is 9.59 Å². The van der Waals surface area contributed by atoms with Crippen LogP contribution < -0.4 is 5.73 Å². The van der Waals surface area contributed by atoms with Crippen molar-refractivity contribution in [2.24, 2.45) is 16.0 Å². The number of carbonyl (C=O) groups excluding carboxylic acids is 2. The van der Waals surface area contributed by atoms with Crippen LogP contribution in [0.1, 0.15) is 35.3 Å². The molecule has 5 heteroatoms. The standard InChI is InChI=1S/C18H19N3O2/c1-13(22)16-10-6-7-11-17(16)18(19,14(2)23)21-20-12-15-8-4-3-5-9-15/h3-11H,12,19H2,1-2H3. The van der Waals surface area contributed by atoms with Gasteiger partial charge in [-0.25, -0.2) is 0 Å². The van der Waals surface area contributed by atoms with Crippen LogP contribution in [0.4, 0.5) is 0 Å². The molecule has 0 aromatic heterocycles. The van der Waals surface area contributed by atoms with Gasteiger partial charge in [-0.05, 0) is 19.4 Å². The summed E-state index contributed by atoms with van der Waals surface area (Å²) in [6.07, 6.45) is 0. The van der Waals surface area contributed by atoms with Gasteiger partial charge in [0.25, 0.3) is 0 Å². The Morgan fingerprint density at radius 3 is 2.22 bits per heavy atom. The third kappa shape index (κ3) is 3.76. The molecule has 1 unspecified atom stereocenters. The van der Waals surface area contributed by atoms with E-state index in [1.54, 1.807) is 24.3 Å². The van der Waals surface area contributed by atoms with Gasteiger partial charge in [0.1, 0.15) is 0 Å². The van der Waals surface area contributed by atoms with Crippen LogP contribution in [0.5, 0.6) is 0 Å². The smallest absolute Gasteiger partial charge is 0.213 e. The summed E-state index contributed by atoms with van der Waals surface area (Å²) in [5.74, 6) is -0.544. The van der Waals surface area contributed by atoms with Gasteiger partial charge in [-0.1, -0.05) is 54.6 Å². The Morgan fingerprint density at radius 1 is 1.00 bits per heavy atom. The normalized spacial score (nSPS) is 13.7. The SMILES string of the molecule is CC(=O)c1ccccc1C(N)(N=NCc1ccccc1)C(C)=O. The van der Waals surface area contributed by atoms with E-state index in [0.29, 0.717) is 17.7 Å². The van der Waals surface area contributed by atoms with E-state index in [1.807, 2.05) is 30.3 Å². The Morgan fingerprint density at radius 2 is 1.61 bits per heavy atom. The number of nitrogens with zero attached hydrogens (tertiary/aromatic N) is 2. The largest absolute Gasteiger partial charge is 0.295 e. The maximum Gasteiger partial charge on any atom is 0.213 e. The number of benzene rings is 2. The lowest BCUT2D eigenvalue weighted by atomic mass is 9.91. The number of Topliss-reactive ketones (excluding diaryl/α,β-unsaturated/α-hetero) is 2. The van der Waals surface area contributed by atoms with Gasteiger partial charge >= 0.3 is 0 Å². The minimum atomic E-state index is -1.66. The van der Waals surface area contributed by atoms with Crippen molar-refractivity contribution in [1.82, 2.24) is 0 Å². The van der Waals surface area contributed by atoms with Gasteiger partial charge in [-0.2, -0.15) is 10.2 Å². The molecular weight excluding hydrogens is 290 g/mol. The van der Waals surface area contributed by atoms with Crippen molar-refractivity contribution in [2.75, 3.05) is 0 Å². The number of azo groups is 1. The Bertz CT molecular complexity index is 741. The third-order valence-corrected chi connectivity index (χ3v) is 3.58. The Labute approximate surface area is 135 Å². The van der Waals surface area contributed by atoms with E-state index in [0.717, 1.165) is 5.56 Å². The van der Waals surface area contributed by atoms with Crippen molar-refractivity contribution in [3.63, 3.8) is 0 Å². The van der Waals surface area contributed by atoms with Crippen LogP contribution in [0.15, 0.2) is 64.8 Å². The summed E-state index contributed by atoms with van der Waals surface area (Å²) in [6, 6.07) is 16.2. The molecule has 0 heterocycles. The molecule has 0 radical (unpaired) electrons. The van der Waals surface area contributed by atoms with E-state index < -0.39 is 5.66 Å². The van der Waals surface area contributed by atoms with E-state index in [1.165, 1.54) is 13.8 Å². The minimum Gasteiger partial charge on any atom is -0.295 e. The fourth-order valence-corrected chi connectivity index (χ4v) is 2.25. The van der Waals surface area contributed by atoms with Crippen LogP contribution in [0, 0.1) is 0 Å². The van der Waals surface area contributed by atoms with E-state index >= 15 is 0 Å². The average molecular weight is 309 g/mol. The van der Waals surface area contributed by atoms with Gasteiger partial charge in [0.2, 0.25) is 5.66 Å². The van der Waals surface area contributed by atoms with Crippen molar-refractivity contribution in [3.8, 4) is 0 Å². The molecule has 5 nitrogen and oxygen atoms in total. The van der Waals surface area contributed by atoms with Crippen LogP contribution in [-0.2, 0) is 17.0 Å². The number of hydrogen-bond donors (Lipinski definition) is 1. The highest BCUT2D eigenvalue weighted by atomic mass is 16.1. The Hall–Kier alpha value is -2.66.